The lowest BCUT2D eigenvalue weighted by molar-refractivity contribution is 0.171. The fourth-order valence-corrected chi connectivity index (χ4v) is 2.37. The van der Waals surface area contributed by atoms with Gasteiger partial charge in [0.25, 0.3) is 0 Å². The zero-order valence-corrected chi connectivity index (χ0v) is 11.9. The van der Waals surface area contributed by atoms with Gasteiger partial charge in [-0.3, -0.25) is 0 Å². The Hall–Kier alpha value is -1.61. The van der Waals surface area contributed by atoms with Gasteiger partial charge < -0.3 is 9.67 Å². The highest BCUT2D eigenvalue weighted by atomic mass is 16.3. The molecule has 3 nitrogen and oxygen atoms in total. The van der Waals surface area contributed by atoms with E-state index in [9.17, 15) is 5.11 Å². The summed E-state index contributed by atoms with van der Waals surface area (Å²) in [4.78, 5) is 4.31. The van der Waals surface area contributed by atoms with Crippen molar-refractivity contribution in [3.63, 3.8) is 0 Å². The topological polar surface area (TPSA) is 38.0 Å². The van der Waals surface area contributed by atoms with Crippen LogP contribution in [0.15, 0.2) is 30.6 Å². The van der Waals surface area contributed by atoms with Gasteiger partial charge in [-0.05, 0) is 38.3 Å². The number of hydrogen-bond donors (Lipinski definition) is 1. The number of aryl methyl sites for hydroxylation is 3. The predicted octanol–water partition coefficient (Wildman–Crippen LogP) is 2.67. The standard InChI is InChI=1S/C16H22N2O/c1-4-18-8-7-17-16(18)11-15(19)10-14-9-12(2)5-6-13(14)3/h5-9,15,19H,4,10-11H2,1-3H3. The SMILES string of the molecule is CCn1ccnc1CC(O)Cc1cc(C)ccc1C. The summed E-state index contributed by atoms with van der Waals surface area (Å²) in [6.45, 7) is 7.15. The van der Waals surface area contributed by atoms with E-state index in [1.807, 2.05) is 6.20 Å². The Morgan fingerprint density at radius 2 is 2.05 bits per heavy atom. The van der Waals surface area contributed by atoms with Crippen LogP contribution in [0.1, 0.15) is 29.4 Å². The zero-order chi connectivity index (χ0) is 13.8. The molecule has 0 aliphatic carbocycles. The highest BCUT2D eigenvalue weighted by molar-refractivity contribution is 5.31. The van der Waals surface area contributed by atoms with Crippen LogP contribution in [0.3, 0.4) is 0 Å². The summed E-state index contributed by atoms with van der Waals surface area (Å²) >= 11 is 0. The summed E-state index contributed by atoms with van der Waals surface area (Å²) in [5, 5.41) is 10.3. The number of aliphatic hydroxyl groups excluding tert-OH is 1. The van der Waals surface area contributed by atoms with Crippen molar-refractivity contribution in [2.75, 3.05) is 0 Å². The molecule has 1 atom stereocenters. The lowest BCUT2D eigenvalue weighted by Crippen LogP contribution is -2.17. The summed E-state index contributed by atoms with van der Waals surface area (Å²) in [7, 11) is 0. The van der Waals surface area contributed by atoms with Gasteiger partial charge in [0.05, 0.1) is 6.10 Å². The lowest BCUT2D eigenvalue weighted by atomic mass is 9.99. The van der Waals surface area contributed by atoms with Crippen molar-refractivity contribution < 1.29 is 5.11 Å². The first-order chi connectivity index (χ1) is 9.10. The summed E-state index contributed by atoms with van der Waals surface area (Å²) in [5.74, 6) is 0.959. The van der Waals surface area contributed by atoms with Crippen LogP contribution in [0.25, 0.3) is 0 Å². The minimum atomic E-state index is -0.381. The van der Waals surface area contributed by atoms with Crippen molar-refractivity contribution in [2.24, 2.45) is 0 Å². The van der Waals surface area contributed by atoms with E-state index in [1.54, 1.807) is 6.20 Å². The number of nitrogens with zero attached hydrogens (tertiary/aromatic N) is 2. The van der Waals surface area contributed by atoms with Gasteiger partial charge in [-0.1, -0.05) is 23.8 Å². The Bertz CT molecular complexity index is 545. The molecule has 2 aromatic rings. The van der Waals surface area contributed by atoms with Gasteiger partial charge in [-0.2, -0.15) is 0 Å². The second kappa shape index (κ2) is 6.02. The molecule has 0 amide bonds. The molecule has 0 saturated carbocycles. The van der Waals surface area contributed by atoms with Crippen LogP contribution < -0.4 is 0 Å². The summed E-state index contributed by atoms with van der Waals surface area (Å²) < 4.78 is 2.08. The molecule has 0 spiro atoms. The maximum absolute atomic E-state index is 10.3. The van der Waals surface area contributed by atoms with Crippen LogP contribution in [-0.2, 0) is 19.4 Å². The van der Waals surface area contributed by atoms with Crippen LogP contribution in [0.2, 0.25) is 0 Å². The van der Waals surface area contributed by atoms with E-state index in [1.165, 1.54) is 16.7 Å². The summed E-state index contributed by atoms with van der Waals surface area (Å²) in [6.07, 6.45) is 4.66. The smallest absolute Gasteiger partial charge is 0.111 e. The molecule has 0 aliphatic rings. The van der Waals surface area contributed by atoms with Gasteiger partial charge in [0, 0.05) is 25.4 Å². The molecule has 1 aromatic carbocycles. The maximum atomic E-state index is 10.3. The highest BCUT2D eigenvalue weighted by Crippen LogP contribution is 2.14. The minimum absolute atomic E-state index is 0.381. The van der Waals surface area contributed by atoms with Crippen LogP contribution in [0, 0.1) is 13.8 Å². The fraction of sp³-hybridized carbons (Fsp3) is 0.438. The number of rotatable bonds is 5. The Kier molecular flexibility index (Phi) is 4.38. The third-order valence-electron chi connectivity index (χ3n) is 3.52. The second-order valence-electron chi connectivity index (χ2n) is 5.12. The molecular weight excluding hydrogens is 236 g/mol. The molecule has 1 N–H and O–H groups in total. The van der Waals surface area contributed by atoms with Crippen molar-refractivity contribution in [2.45, 2.75) is 46.3 Å². The molecule has 0 fully saturated rings. The molecule has 1 unspecified atom stereocenters. The number of imidazole rings is 1. The predicted molar refractivity (Wildman–Crippen MR) is 77.2 cm³/mol. The van der Waals surface area contributed by atoms with Gasteiger partial charge in [0.1, 0.15) is 5.82 Å². The van der Waals surface area contributed by atoms with Gasteiger partial charge in [-0.15, -0.1) is 0 Å². The quantitative estimate of drug-likeness (QED) is 0.895. The molecule has 0 saturated heterocycles. The molecule has 0 aliphatic heterocycles. The number of aromatic nitrogens is 2. The van der Waals surface area contributed by atoms with Gasteiger partial charge in [-0.25, -0.2) is 4.98 Å². The summed E-state index contributed by atoms with van der Waals surface area (Å²) in [6, 6.07) is 6.38. The highest BCUT2D eigenvalue weighted by Gasteiger charge is 2.12. The maximum Gasteiger partial charge on any atom is 0.111 e. The first-order valence-electron chi connectivity index (χ1n) is 6.84. The third-order valence-corrected chi connectivity index (χ3v) is 3.52. The molecule has 0 bridgehead atoms. The lowest BCUT2D eigenvalue weighted by Gasteiger charge is -2.13. The zero-order valence-electron chi connectivity index (χ0n) is 11.9. The van der Waals surface area contributed by atoms with Crippen molar-refractivity contribution in [1.82, 2.24) is 9.55 Å². The van der Waals surface area contributed by atoms with Gasteiger partial charge in [0.2, 0.25) is 0 Å². The van der Waals surface area contributed by atoms with Crippen LogP contribution in [0.4, 0.5) is 0 Å². The van der Waals surface area contributed by atoms with Gasteiger partial charge in [0.15, 0.2) is 0 Å². The molecular formula is C16H22N2O. The first-order valence-corrected chi connectivity index (χ1v) is 6.84. The van der Waals surface area contributed by atoms with Crippen LogP contribution in [-0.4, -0.2) is 20.8 Å². The Morgan fingerprint density at radius 1 is 1.26 bits per heavy atom. The van der Waals surface area contributed by atoms with Crippen molar-refractivity contribution in [1.29, 1.82) is 0 Å². The van der Waals surface area contributed by atoms with E-state index in [4.69, 9.17) is 0 Å². The Morgan fingerprint density at radius 3 is 2.79 bits per heavy atom. The van der Waals surface area contributed by atoms with Crippen LogP contribution in [0.5, 0.6) is 0 Å². The molecule has 2 rings (SSSR count). The van der Waals surface area contributed by atoms with Crippen molar-refractivity contribution in [3.8, 4) is 0 Å². The first kappa shape index (κ1) is 13.8. The fourth-order valence-electron chi connectivity index (χ4n) is 2.37. The largest absolute Gasteiger partial charge is 0.392 e. The summed E-state index contributed by atoms with van der Waals surface area (Å²) in [5.41, 5.74) is 3.70. The Balaban J connectivity index is 2.05. The minimum Gasteiger partial charge on any atom is -0.392 e. The molecule has 19 heavy (non-hydrogen) atoms. The average Bonchev–Trinajstić information content (AvgIpc) is 2.81. The monoisotopic (exact) mass is 258 g/mol. The van der Waals surface area contributed by atoms with Gasteiger partial charge >= 0.3 is 0 Å². The molecule has 3 heteroatoms. The van der Waals surface area contributed by atoms with E-state index in [2.05, 4.69) is 48.5 Å². The van der Waals surface area contributed by atoms with E-state index in [0.29, 0.717) is 12.8 Å². The second-order valence-corrected chi connectivity index (χ2v) is 5.12. The van der Waals surface area contributed by atoms with E-state index < -0.39 is 0 Å². The number of aliphatic hydroxyl groups is 1. The molecule has 0 radical (unpaired) electrons. The molecule has 102 valence electrons. The van der Waals surface area contributed by atoms with E-state index >= 15 is 0 Å². The third kappa shape index (κ3) is 3.44. The van der Waals surface area contributed by atoms with Crippen molar-refractivity contribution in [3.05, 3.63) is 53.1 Å². The average molecular weight is 258 g/mol. The van der Waals surface area contributed by atoms with Crippen molar-refractivity contribution >= 4 is 0 Å². The van der Waals surface area contributed by atoms with Crippen LogP contribution >= 0.6 is 0 Å². The van der Waals surface area contributed by atoms with E-state index in [0.717, 1.165) is 12.4 Å². The normalized spacial score (nSPS) is 12.6. The Labute approximate surface area is 114 Å². The number of benzene rings is 1. The van der Waals surface area contributed by atoms with E-state index in [-0.39, 0.29) is 6.10 Å². The molecule has 1 heterocycles. The molecule has 1 aromatic heterocycles. The number of hydrogen-bond acceptors (Lipinski definition) is 2.